The van der Waals surface area contributed by atoms with E-state index in [1.165, 1.54) is 0 Å². The lowest BCUT2D eigenvalue weighted by atomic mass is 10.1. The molecule has 22 heavy (non-hydrogen) atoms. The number of aryl methyl sites for hydroxylation is 1. The van der Waals surface area contributed by atoms with E-state index in [0.29, 0.717) is 6.61 Å². The predicted molar refractivity (Wildman–Crippen MR) is 75.9 cm³/mol. The summed E-state index contributed by atoms with van der Waals surface area (Å²) in [5, 5.41) is 4.08. The van der Waals surface area contributed by atoms with Crippen LogP contribution < -0.4 is 0 Å². The summed E-state index contributed by atoms with van der Waals surface area (Å²) in [4.78, 5) is 31.1. The van der Waals surface area contributed by atoms with E-state index in [-0.39, 0.29) is 18.8 Å². The Balaban J connectivity index is 2.17. The number of ether oxygens (including phenoxy) is 2. The van der Waals surface area contributed by atoms with Crippen molar-refractivity contribution in [1.82, 2.24) is 0 Å². The zero-order chi connectivity index (χ0) is 16.2. The van der Waals surface area contributed by atoms with Crippen LogP contribution in [0.3, 0.4) is 0 Å². The molecule has 1 rings (SSSR count). The van der Waals surface area contributed by atoms with Crippen LogP contribution in [0.2, 0.25) is 0 Å². The van der Waals surface area contributed by atoms with Gasteiger partial charge in [0.15, 0.2) is 0 Å². The van der Waals surface area contributed by atoms with E-state index in [4.69, 9.17) is 4.74 Å². The lowest BCUT2D eigenvalue weighted by molar-refractivity contribution is -0.452. The number of hydrogen-bond acceptors (Lipinski definition) is 7. The minimum atomic E-state index is -1.12. The van der Waals surface area contributed by atoms with Gasteiger partial charge in [0, 0.05) is 6.61 Å². The van der Waals surface area contributed by atoms with Crippen molar-refractivity contribution < 1.29 is 33.9 Å². The highest BCUT2D eigenvalue weighted by atomic mass is 17.5. The van der Waals surface area contributed by atoms with Crippen LogP contribution in [0.15, 0.2) is 24.3 Å². The van der Waals surface area contributed by atoms with Gasteiger partial charge in [0.2, 0.25) is 0 Å². The molecule has 0 bridgehead atoms. The molecule has 0 heterocycles. The van der Waals surface area contributed by atoms with Gasteiger partial charge in [0.1, 0.15) is 6.61 Å². The molecule has 1 aromatic rings. The first-order valence-electron chi connectivity index (χ1n) is 7.06. The fourth-order valence-corrected chi connectivity index (χ4v) is 1.45. The first-order chi connectivity index (χ1) is 10.7. The van der Waals surface area contributed by atoms with Crippen LogP contribution in [0.1, 0.15) is 36.2 Å². The quantitative estimate of drug-likeness (QED) is 0.300. The highest BCUT2D eigenvalue weighted by Gasteiger charge is 2.11. The van der Waals surface area contributed by atoms with Crippen molar-refractivity contribution in [2.75, 3.05) is 19.8 Å². The third-order valence-corrected chi connectivity index (χ3v) is 2.61. The molecule has 0 aliphatic heterocycles. The fourth-order valence-electron chi connectivity index (χ4n) is 1.45. The molecule has 0 atom stereocenters. The second-order valence-corrected chi connectivity index (χ2v) is 4.28. The van der Waals surface area contributed by atoms with Crippen LogP contribution in [0.4, 0.5) is 4.79 Å². The van der Waals surface area contributed by atoms with Gasteiger partial charge >= 0.3 is 12.1 Å². The maximum atomic E-state index is 11.6. The lowest BCUT2D eigenvalue weighted by Crippen LogP contribution is -2.14. The molecule has 0 fully saturated rings. The Kier molecular flexibility index (Phi) is 8.63. The summed E-state index contributed by atoms with van der Waals surface area (Å²) in [5.74, 6) is -0.776. The van der Waals surface area contributed by atoms with E-state index in [0.717, 1.165) is 18.4 Å². The third-order valence-electron chi connectivity index (χ3n) is 2.61. The Bertz CT molecular complexity index is 455. The summed E-state index contributed by atoms with van der Waals surface area (Å²) in [5.41, 5.74) is 1.37. The molecule has 0 spiro atoms. The van der Waals surface area contributed by atoms with E-state index in [9.17, 15) is 9.59 Å². The number of rotatable bonds is 9. The molecule has 0 aromatic heterocycles. The van der Waals surface area contributed by atoms with Gasteiger partial charge in [-0.15, -0.1) is 0 Å². The molecule has 0 N–H and O–H groups in total. The van der Waals surface area contributed by atoms with Gasteiger partial charge in [0.05, 0.1) is 17.2 Å². The molecule has 0 saturated carbocycles. The number of carbonyl (C=O) groups is 2. The van der Waals surface area contributed by atoms with Crippen molar-refractivity contribution in [1.29, 1.82) is 0 Å². The molecule has 1 aromatic carbocycles. The van der Waals surface area contributed by atoms with Gasteiger partial charge in [-0.05, 0) is 30.5 Å². The van der Waals surface area contributed by atoms with E-state index < -0.39 is 12.1 Å². The Morgan fingerprint density at radius 2 is 1.68 bits per heavy atom. The zero-order valence-corrected chi connectivity index (χ0v) is 12.7. The van der Waals surface area contributed by atoms with Crippen molar-refractivity contribution in [3.05, 3.63) is 35.4 Å². The second kappa shape index (κ2) is 10.6. The van der Waals surface area contributed by atoms with E-state index in [1.807, 2.05) is 13.8 Å². The average Bonchev–Trinajstić information content (AvgIpc) is 2.54. The minimum absolute atomic E-state index is 0.0224. The van der Waals surface area contributed by atoms with Crippen LogP contribution in [0.25, 0.3) is 0 Å². The SMILES string of the molecule is CCCOCCOC(=O)OOOC(=O)c1ccc(CC)cc1. The second-order valence-electron chi connectivity index (χ2n) is 4.28. The van der Waals surface area contributed by atoms with Crippen LogP contribution in [0.5, 0.6) is 0 Å². The van der Waals surface area contributed by atoms with Crippen molar-refractivity contribution in [2.24, 2.45) is 0 Å². The first kappa shape index (κ1) is 17.9. The number of carbonyl (C=O) groups excluding carboxylic acids is 2. The standard InChI is InChI=1S/C15H20O7/c1-3-9-18-10-11-19-15(17)21-22-20-14(16)13-7-5-12(4-2)6-8-13/h5-8H,3-4,9-11H2,1-2H3. The normalized spacial score (nSPS) is 10.1. The van der Waals surface area contributed by atoms with Gasteiger partial charge < -0.3 is 9.47 Å². The first-order valence-corrected chi connectivity index (χ1v) is 7.06. The third kappa shape index (κ3) is 7.05. The number of benzene rings is 1. The summed E-state index contributed by atoms with van der Waals surface area (Å²) in [6.45, 7) is 4.83. The zero-order valence-electron chi connectivity index (χ0n) is 12.7. The van der Waals surface area contributed by atoms with Gasteiger partial charge in [-0.1, -0.05) is 26.0 Å². The summed E-state index contributed by atoms with van der Waals surface area (Å²) in [6.07, 6.45) is 0.625. The Labute approximate surface area is 128 Å². The number of hydrogen-bond donors (Lipinski definition) is 0. The highest BCUT2D eigenvalue weighted by Crippen LogP contribution is 2.07. The van der Waals surface area contributed by atoms with Gasteiger partial charge in [-0.3, -0.25) is 4.89 Å². The summed E-state index contributed by atoms with van der Waals surface area (Å²) in [6, 6.07) is 6.77. The Morgan fingerprint density at radius 1 is 0.955 bits per heavy atom. The molecular formula is C15H20O7. The summed E-state index contributed by atoms with van der Waals surface area (Å²) in [7, 11) is 0. The predicted octanol–water partition coefficient (Wildman–Crippen LogP) is 2.83. The van der Waals surface area contributed by atoms with Gasteiger partial charge in [-0.25, -0.2) is 14.5 Å². The molecule has 0 amide bonds. The van der Waals surface area contributed by atoms with Gasteiger partial charge in [0.25, 0.3) is 0 Å². The fraction of sp³-hybridized carbons (Fsp3) is 0.467. The largest absolute Gasteiger partial charge is 0.543 e. The van der Waals surface area contributed by atoms with Crippen LogP contribution in [-0.4, -0.2) is 31.9 Å². The molecule has 0 aliphatic rings. The van der Waals surface area contributed by atoms with E-state index in [1.54, 1.807) is 24.3 Å². The molecular weight excluding hydrogens is 292 g/mol. The summed E-state index contributed by atoms with van der Waals surface area (Å²) >= 11 is 0. The van der Waals surface area contributed by atoms with E-state index in [2.05, 4.69) is 19.6 Å². The van der Waals surface area contributed by atoms with E-state index >= 15 is 0 Å². The average molecular weight is 312 g/mol. The van der Waals surface area contributed by atoms with Crippen molar-refractivity contribution in [2.45, 2.75) is 26.7 Å². The highest BCUT2D eigenvalue weighted by molar-refractivity contribution is 5.88. The smallest absolute Gasteiger partial charge is 0.430 e. The molecule has 122 valence electrons. The Hall–Kier alpha value is -2.12. The monoisotopic (exact) mass is 312 g/mol. The van der Waals surface area contributed by atoms with Crippen LogP contribution >= 0.6 is 0 Å². The molecule has 0 aliphatic carbocycles. The van der Waals surface area contributed by atoms with Crippen LogP contribution in [-0.2, 0) is 30.7 Å². The molecule has 0 saturated heterocycles. The summed E-state index contributed by atoms with van der Waals surface area (Å²) < 4.78 is 9.70. The topological polar surface area (TPSA) is 80.3 Å². The lowest BCUT2D eigenvalue weighted by Gasteiger charge is -2.05. The van der Waals surface area contributed by atoms with Crippen molar-refractivity contribution >= 4 is 12.1 Å². The molecule has 7 heteroatoms. The molecule has 0 unspecified atom stereocenters. The van der Waals surface area contributed by atoms with Crippen molar-refractivity contribution in [3.63, 3.8) is 0 Å². The Morgan fingerprint density at radius 3 is 2.32 bits per heavy atom. The molecule has 7 nitrogen and oxygen atoms in total. The van der Waals surface area contributed by atoms with Crippen LogP contribution in [0, 0.1) is 0 Å². The maximum Gasteiger partial charge on any atom is 0.543 e. The maximum absolute atomic E-state index is 11.6. The van der Waals surface area contributed by atoms with Gasteiger partial charge in [-0.2, -0.15) is 0 Å². The molecule has 0 radical (unpaired) electrons. The minimum Gasteiger partial charge on any atom is -0.430 e. The van der Waals surface area contributed by atoms with Crippen molar-refractivity contribution in [3.8, 4) is 0 Å².